The summed E-state index contributed by atoms with van der Waals surface area (Å²) in [5.74, 6) is -2.81. The van der Waals surface area contributed by atoms with E-state index in [0.29, 0.717) is 0 Å². The van der Waals surface area contributed by atoms with E-state index < -0.39 is 29.7 Å². The van der Waals surface area contributed by atoms with Crippen LogP contribution in [0.1, 0.15) is 0 Å². The molecule has 0 aromatic rings. The van der Waals surface area contributed by atoms with E-state index in [1.54, 1.807) is 0 Å². The molecule has 0 aliphatic carbocycles. The molecule has 1 saturated heterocycles. The molecule has 2 atom stereocenters. The molecule has 2 rings (SSSR count). The van der Waals surface area contributed by atoms with E-state index in [4.69, 9.17) is 9.84 Å². The second kappa shape index (κ2) is 3.47. The first-order valence-corrected chi connectivity index (χ1v) is 4.47. The molecule has 0 spiro atoms. The number of carboxylic acids is 1. The minimum atomic E-state index is -1.05. The molecule has 80 valence electrons. The van der Waals surface area contributed by atoms with Gasteiger partial charge >= 0.3 is 5.97 Å². The number of nitrogens with zero attached hydrogens (tertiary/aromatic N) is 1. The van der Waals surface area contributed by atoms with Gasteiger partial charge in [-0.1, -0.05) is 0 Å². The number of hydrogen-bond donors (Lipinski definition) is 1. The number of carbonyl (C=O) groups excluding carboxylic acids is 2. The molecule has 6 heteroatoms. The molecule has 2 aliphatic rings. The highest BCUT2D eigenvalue weighted by Gasteiger charge is 2.43. The lowest BCUT2D eigenvalue weighted by Gasteiger charge is -2.23. The molecule has 0 aromatic heterocycles. The van der Waals surface area contributed by atoms with Crippen molar-refractivity contribution in [3.05, 3.63) is 12.2 Å². The third-order valence-electron chi connectivity index (χ3n) is 2.54. The molecule has 0 bridgehead atoms. The predicted octanol–water partition coefficient (Wildman–Crippen LogP) is -0.989. The van der Waals surface area contributed by atoms with Crippen LogP contribution in [0, 0.1) is 5.92 Å². The summed E-state index contributed by atoms with van der Waals surface area (Å²) in [4.78, 5) is 34.4. The number of rotatable bonds is 2. The monoisotopic (exact) mass is 211 g/mol. The normalized spacial score (nSPS) is 30.3. The van der Waals surface area contributed by atoms with Crippen LogP contribution in [0.3, 0.4) is 0 Å². The maximum absolute atomic E-state index is 11.3. The number of carboxylic acid groups (broad SMARTS) is 1. The smallest absolute Gasteiger partial charge is 0.311 e. The van der Waals surface area contributed by atoms with E-state index in [9.17, 15) is 14.4 Å². The van der Waals surface area contributed by atoms with Crippen molar-refractivity contribution in [2.45, 2.75) is 6.04 Å². The average Bonchev–Trinajstić information content (AvgIpc) is 2.73. The van der Waals surface area contributed by atoms with Gasteiger partial charge in [-0.3, -0.25) is 19.3 Å². The Morgan fingerprint density at radius 3 is 2.47 bits per heavy atom. The number of imide groups is 1. The Bertz CT molecular complexity index is 344. The van der Waals surface area contributed by atoms with Crippen molar-refractivity contribution in [2.75, 3.05) is 13.2 Å². The van der Waals surface area contributed by atoms with E-state index in [2.05, 4.69) is 0 Å². The van der Waals surface area contributed by atoms with Gasteiger partial charge in [-0.25, -0.2) is 0 Å². The number of ether oxygens (including phenoxy) is 1. The predicted molar refractivity (Wildman–Crippen MR) is 46.7 cm³/mol. The van der Waals surface area contributed by atoms with Gasteiger partial charge in [-0.2, -0.15) is 0 Å². The number of carbonyl (C=O) groups is 3. The quantitative estimate of drug-likeness (QED) is 0.593. The zero-order chi connectivity index (χ0) is 11.0. The van der Waals surface area contributed by atoms with E-state index in [1.165, 1.54) is 0 Å². The number of amides is 2. The van der Waals surface area contributed by atoms with Crippen LogP contribution in [0.15, 0.2) is 12.2 Å². The van der Waals surface area contributed by atoms with Gasteiger partial charge in [0, 0.05) is 12.2 Å². The van der Waals surface area contributed by atoms with Gasteiger partial charge in [-0.15, -0.1) is 0 Å². The lowest BCUT2D eigenvalue weighted by atomic mass is 10.0. The maximum atomic E-state index is 11.3. The highest BCUT2D eigenvalue weighted by Crippen LogP contribution is 2.22. The molecule has 15 heavy (non-hydrogen) atoms. The van der Waals surface area contributed by atoms with Crippen LogP contribution in [-0.4, -0.2) is 47.0 Å². The molecule has 2 heterocycles. The van der Waals surface area contributed by atoms with Crippen molar-refractivity contribution >= 4 is 17.8 Å². The van der Waals surface area contributed by atoms with Crippen molar-refractivity contribution in [1.82, 2.24) is 4.90 Å². The zero-order valence-corrected chi connectivity index (χ0v) is 7.75. The topological polar surface area (TPSA) is 83.9 Å². The summed E-state index contributed by atoms with van der Waals surface area (Å²) in [6.07, 6.45) is 2.28. The minimum absolute atomic E-state index is 0.0388. The molecule has 0 aromatic carbocycles. The summed E-state index contributed by atoms with van der Waals surface area (Å²) in [6, 6.07) is -0.683. The van der Waals surface area contributed by atoms with Gasteiger partial charge in [0.05, 0.1) is 19.3 Å². The van der Waals surface area contributed by atoms with Crippen molar-refractivity contribution in [3.63, 3.8) is 0 Å². The number of aliphatic carboxylic acids is 1. The first-order valence-electron chi connectivity index (χ1n) is 4.47. The summed E-state index contributed by atoms with van der Waals surface area (Å²) in [6.45, 7) is 0.132. The molecule has 2 amide bonds. The lowest BCUT2D eigenvalue weighted by Crippen LogP contribution is -2.46. The van der Waals surface area contributed by atoms with Gasteiger partial charge in [0.2, 0.25) is 0 Å². The molecule has 1 fully saturated rings. The van der Waals surface area contributed by atoms with Gasteiger partial charge in [0.15, 0.2) is 0 Å². The van der Waals surface area contributed by atoms with Crippen molar-refractivity contribution in [1.29, 1.82) is 0 Å². The first-order chi connectivity index (χ1) is 7.11. The average molecular weight is 211 g/mol. The van der Waals surface area contributed by atoms with Gasteiger partial charge in [0.1, 0.15) is 5.92 Å². The van der Waals surface area contributed by atoms with E-state index in [-0.39, 0.29) is 13.2 Å². The molecule has 6 nitrogen and oxygen atoms in total. The van der Waals surface area contributed by atoms with Gasteiger partial charge < -0.3 is 9.84 Å². The summed E-state index contributed by atoms with van der Waals surface area (Å²) in [5, 5.41) is 8.87. The van der Waals surface area contributed by atoms with Crippen LogP contribution < -0.4 is 0 Å². The summed E-state index contributed by atoms with van der Waals surface area (Å²) < 4.78 is 4.99. The van der Waals surface area contributed by atoms with Crippen molar-refractivity contribution < 1.29 is 24.2 Å². The highest BCUT2D eigenvalue weighted by atomic mass is 16.5. The first kappa shape index (κ1) is 9.85. The van der Waals surface area contributed by atoms with Crippen LogP contribution >= 0.6 is 0 Å². The van der Waals surface area contributed by atoms with Crippen molar-refractivity contribution in [3.8, 4) is 0 Å². The van der Waals surface area contributed by atoms with Crippen LogP contribution in [0.5, 0.6) is 0 Å². The minimum Gasteiger partial charge on any atom is -0.481 e. The van der Waals surface area contributed by atoms with Gasteiger partial charge in [0.25, 0.3) is 11.8 Å². The Morgan fingerprint density at radius 2 is 1.93 bits per heavy atom. The maximum Gasteiger partial charge on any atom is 0.311 e. The molecule has 0 saturated carbocycles. The Balaban J connectivity index is 2.20. The van der Waals surface area contributed by atoms with Crippen LogP contribution in [0.4, 0.5) is 0 Å². The van der Waals surface area contributed by atoms with Crippen LogP contribution in [0.25, 0.3) is 0 Å². The van der Waals surface area contributed by atoms with Gasteiger partial charge in [-0.05, 0) is 0 Å². The van der Waals surface area contributed by atoms with Crippen LogP contribution in [0.2, 0.25) is 0 Å². The molecule has 2 unspecified atom stereocenters. The Labute approximate surface area is 85.1 Å². The van der Waals surface area contributed by atoms with E-state index in [1.807, 2.05) is 0 Å². The largest absolute Gasteiger partial charge is 0.481 e. The standard InChI is InChI=1S/C9H9NO5/c11-7-1-2-8(12)10(7)6-4-15-3-5(6)9(13)14/h1-2,5-6H,3-4H2,(H,13,14). The summed E-state index contributed by atoms with van der Waals surface area (Å²) >= 11 is 0. The molecular weight excluding hydrogens is 202 g/mol. The second-order valence-corrected chi connectivity index (χ2v) is 3.43. The lowest BCUT2D eigenvalue weighted by molar-refractivity contribution is -0.146. The molecule has 2 aliphatic heterocycles. The Hall–Kier alpha value is -1.69. The Morgan fingerprint density at radius 1 is 1.33 bits per heavy atom. The highest BCUT2D eigenvalue weighted by molar-refractivity contribution is 6.13. The number of hydrogen-bond acceptors (Lipinski definition) is 4. The second-order valence-electron chi connectivity index (χ2n) is 3.43. The fourth-order valence-corrected chi connectivity index (χ4v) is 1.77. The summed E-state index contributed by atoms with van der Waals surface area (Å²) in [7, 11) is 0. The summed E-state index contributed by atoms with van der Waals surface area (Å²) in [5.41, 5.74) is 0. The fraction of sp³-hybridized carbons (Fsp3) is 0.444. The molecule has 1 N–H and O–H groups in total. The molecule has 0 radical (unpaired) electrons. The van der Waals surface area contributed by atoms with Crippen molar-refractivity contribution in [2.24, 2.45) is 5.92 Å². The SMILES string of the molecule is O=C(O)C1COCC1N1C(=O)C=CC1=O. The molecular formula is C9H9NO5. The third kappa shape index (κ3) is 1.52. The van der Waals surface area contributed by atoms with E-state index in [0.717, 1.165) is 17.1 Å². The zero-order valence-electron chi connectivity index (χ0n) is 7.75. The fourth-order valence-electron chi connectivity index (χ4n) is 1.77. The van der Waals surface area contributed by atoms with Crippen LogP contribution in [-0.2, 0) is 19.1 Å². The Kier molecular flexibility index (Phi) is 2.28. The third-order valence-corrected chi connectivity index (χ3v) is 2.54. The van der Waals surface area contributed by atoms with E-state index >= 15 is 0 Å².